The number of aliphatic hydroxyl groups is 2. The third-order valence-electron chi connectivity index (χ3n) is 7.49. The normalized spacial score (nSPS) is 17.1. The van der Waals surface area contributed by atoms with E-state index in [4.69, 9.17) is 4.74 Å². The van der Waals surface area contributed by atoms with Crippen molar-refractivity contribution in [1.29, 1.82) is 0 Å². The van der Waals surface area contributed by atoms with Crippen LogP contribution in [0, 0.1) is 0 Å². The molecule has 41 heavy (non-hydrogen) atoms. The molecule has 2 unspecified atom stereocenters. The molecule has 1 aliphatic heterocycles. The van der Waals surface area contributed by atoms with Crippen LogP contribution >= 0.6 is 0 Å². The minimum absolute atomic E-state index is 0.401. The molecule has 1 aromatic heterocycles. The van der Waals surface area contributed by atoms with E-state index in [9.17, 15) is 10.2 Å². The molecule has 1 aliphatic carbocycles. The van der Waals surface area contributed by atoms with Crippen LogP contribution in [-0.2, 0) is 0 Å². The summed E-state index contributed by atoms with van der Waals surface area (Å²) >= 11 is 0. The highest BCUT2D eigenvalue weighted by atomic mass is 16.5. The van der Waals surface area contributed by atoms with Gasteiger partial charge in [-0.2, -0.15) is 0 Å². The van der Waals surface area contributed by atoms with Crippen molar-refractivity contribution in [2.24, 2.45) is 0 Å². The number of para-hydroxylation sites is 2. The van der Waals surface area contributed by atoms with Crippen LogP contribution in [-0.4, -0.2) is 64.0 Å². The number of ether oxygens (including phenoxy) is 1. The predicted octanol–water partition coefficient (Wildman–Crippen LogP) is 5.20. The van der Waals surface area contributed by atoms with E-state index in [0.717, 1.165) is 62.6 Å². The lowest BCUT2D eigenvalue weighted by molar-refractivity contribution is -0.00190. The highest BCUT2D eigenvalue weighted by Crippen LogP contribution is 2.36. The van der Waals surface area contributed by atoms with Gasteiger partial charge in [0.25, 0.3) is 0 Å². The zero-order valence-electron chi connectivity index (χ0n) is 23.8. The SMILES string of the molecule is CCNc1ncnc(Nc2ccccc2N2CCN(C(O)CC)CC2)c1C(O)c1ccc(OC2=CCCC=C2)cc1. The van der Waals surface area contributed by atoms with Gasteiger partial charge in [-0.05, 0) is 68.2 Å². The molecule has 0 radical (unpaired) electrons. The van der Waals surface area contributed by atoms with Crippen molar-refractivity contribution in [1.82, 2.24) is 14.9 Å². The standard InChI is InChI=1S/C32H40N6O3/c1-3-28(39)38-20-18-37(19-21-38)27-13-9-8-12-26(27)36-32-29(31(33-4-2)34-22-35-32)30(40)23-14-16-25(17-15-23)41-24-10-6-5-7-11-24/h6,8-17,22,28,30,39-40H,3-5,7,18-21H2,1-2H3,(H2,33,34,35,36). The average molecular weight is 557 g/mol. The molecule has 2 aromatic carbocycles. The molecule has 9 nitrogen and oxygen atoms in total. The Morgan fingerprint density at radius 2 is 1.68 bits per heavy atom. The smallest absolute Gasteiger partial charge is 0.142 e. The van der Waals surface area contributed by atoms with E-state index >= 15 is 0 Å². The summed E-state index contributed by atoms with van der Waals surface area (Å²) in [7, 11) is 0. The molecule has 0 amide bonds. The van der Waals surface area contributed by atoms with Crippen LogP contribution in [0.2, 0.25) is 0 Å². The Morgan fingerprint density at radius 3 is 2.39 bits per heavy atom. The van der Waals surface area contributed by atoms with E-state index in [-0.39, 0.29) is 0 Å². The highest BCUT2D eigenvalue weighted by molar-refractivity contribution is 5.77. The molecular formula is C32H40N6O3. The topological polar surface area (TPSA) is 106 Å². The second kappa shape index (κ2) is 13.6. The Labute approximate surface area is 242 Å². The van der Waals surface area contributed by atoms with Crippen molar-refractivity contribution in [3.05, 3.63) is 90.0 Å². The fourth-order valence-electron chi connectivity index (χ4n) is 5.25. The molecule has 3 aromatic rings. The van der Waals surface area contributed by atoms with E-state index in [2.05, 4.69) is 48.6 Å². The average Bonchev–Trinajstić information content (AvgIpc) is 3.02. The van der Waals surface area contributed by atoms with Crippen LogP contribution in [0.3, 0.4) is 0 Å². The number of aromatic nitrogens is 2. The molecule has 216 valence electrons. The van der Waals surface area contributed by atoms with Gasteiger partial charge >= 0.3 is 0 Å². The lowest BCUT2D eigenvalue weighted by atomic mass is 10.0. The third kappa shape index (κ3) is 6.87. The summed E-state index contributed by atoms with van der Waals surface area (Å²) in [5, 5.41) is 28.7. The van der Waals surface area contributed by atoms with Gasteiger partial charge in [0.2, 0.25) is 0 Å². The Hall–Kier alpha value is -3.92. The molecule has 2 heterocycles. The first-order valence-corrected chi connectivity index (χ1v) is 14.5. The highest BCUT2D eigenvalue weighted by Gasteiger charge is 2.25. The molecule has 0 bridgehead atoms. The number of hydrogen-bond donors (Lipinski definition) is 4. The Kier molecular flexibility index (Phi) is 9.51. The number of allylic oxidation sites excluding steroid dienone is 3. The van der Waals surface area contributed by atoms with E-state index in [1.165, 1.54) is 6.33 Å². The molecular weight excluding hydrogens is 516 g/mol. The summed E-state index contributed by atoms with van der Waals surface area (Å²) in [4.78, 5) is 13.5. The van der Waals surface area contributed by atoms with Gasteiger partial charge in [0.15, 0.2) is 0 Å². The number of hydrogen-bond acceptors (Lipinski definition) is 9. The first-order chi connectivity index (χ1) is 20.1. The summed E-state index contributed by atoms with van der Waals surface area (Å²) in [5.74, 6) is 2.67. The first-order valence-electron chi connectivity index (χ1n) is 14.5. The molecule has 0 spiro atoms. The van der Waals surface area contributed by atoms with Gasteiger partial charge in [0, 0.05) is 32.7 Å². The maximum absolute atomic E-state index is 11.6. The number of nitrogens with one attached hydrogen (secondary N) is 2. The summed E-state index contributed by atoms with van der Waals surface area (Å²) < 4.78 is 5.98. The lowest BCUT2D eigenvalue weighted by Crippen LogP contribution is -2.50. The van der Waals surface area contributed by atoms with Crippen LogP contribution in [0.1, 0.15) is 50.3 Å². The molecule has 9 heteroatoms. The Morgan fingerprint density at radius 1 is 0.927 bits per heavy atom. The quantitative estimate of drug-likeness (QED) is 0.254. The molecule has 2 aliphatic rings. The monoisotopic (exact) mass is 556 g/mol. The van der Waals surface area contributed by atoms with Crippen LogP contribution in [0.5, 0.6) is 5.75 Å². The summed E-state index contributed by atoms with van der Waals surface area (Å²) in [6.07, 6.45) is 9.03. The van der Waals surface area contributed by atoms with Crippen LogP contribution in [0.4, 0.5) is 23.0 Å². The molecule has 1 saturated heterocycles. The summed E-state index contributed by atoms with van der Waals surface area (Å²) in [6.45, 7) is 7.84. The largest absolute Gasteiger partial charge is 0.458 e. The fraction of sp³-hybridized carbons (Fsp3) is 0.375. The maximum atomic E-state index is 11.6. The third-order valence-corrected chi connectivity index (χ3v) is 7.49. The first kappa shape index (κ1) is 28.6. The summed E-state index contributed by atoms with van der Waals surface area (Å²) in [5.41, 5.74) is 3.23. The second-order valence-corrected chi connectivity index (χ2v) is 10.2. The van der Waals surface area contributed by atoms with E-state index in [0.29, 0.717) is 35.1 Å². The molecule has 2 atom stereocenters. The van der Waals surface area contributed by atoms with Gasteiger partial charge in [-0.15, -0.1) is 0 Å². The van der Waals surface area contributed by atoms with Gasteiger partial charge in [0.1, 0.15) is 41.8 Å². The van der Waals surface area contributed by atoms with Gasteiger partial charge in [-0.1, -0.05) is 37.3 Å². The Bertz CT molecular complexity index is 1350. The number of nitrogens with zero attached hydrogens (tertiary/aromatic N) is 4. The number of anilines is 4. The van der Waals surface area contributed by atoms with E-state index in [1.54, 1.807) is 0 Å². The number of benzene rings is 2. The van der Waals surface area contributed by atoms with Crippen LogP contribution in [0.15, 0.2) is 78.8 Å². The van der Waals surface area contributed by atoms with Crippen molar-refractivity contribution in [3.63, 3.8) is 0 Å². The maximum Gasteiger partial charge on any atom is 0.142 e. The van der Waals surface area contributed by atoms with Crippen molar-refractivity contribution >= 4 is 23.0 Å². The molecule has 4 N–H and O–H groups in total. The molecule has 5 rings (SSSR count). The minimum Gasteiger partial charge on any atom is -0.458 e. The predicted molar refractivity (Wildman–Crippen MR) is 164 cm³/mol. The number of rotatable bonds is 11. The van der Waals surface area contributed by atoms with Crippen molar-refractivity contribution in [2.45, 2.75) is 45.4 Å². The number of aliphatic hydroxyl groups excluding tert-OH is 2. The lowest BCUT2D eigenvalue weighted by Gasteiger charge is -2.38. The second-order valence-electron chi connectivity index (χ2n) is 10.2. The van der Waals surface area contributed by atoms with Gasteiger partial charge in [-0.25, -0.2) is 9.97 Å². The minimum atomic E-state index is -0.971. The van der Waals surface area contributed by atoms with Crippen LogP contribution in [0.25, 0.3) is 0 Å². The van der Waals surface area contributed by atoms with Gasteiger partial charge in [-0.3, -0.25) is 4.90 Å². The van der Waals surface area contributed by atoms with Crippen LogP contribution < -0.4 is 20.3 Å². The fourth-order valence-corrected chi connectivity index (χ4v) is 5.25. The zero-order valence-corrected chi connectivity index (χ0v) is 23.8. The van der Waals surface area contributed by atoms with Crippen molar-refractivity contribution in [2.75, 3.05) is 48.3 Å². The van der Waals surface area contributed by atoms with Crippen molar-refractivity contribution < 1.29 is 14.9 Å². The Balaban J connectivity index is 1.39. The molecule has 1 fully saturated rings. The van der Waals surface area contributed by atoms with E-state index < -0.39 is 12.3 Å². The zero-order chi connectivity index (χ0) is 28.6. The number of piperazine rings is 1. The van der Waals surface area contributed by atoms with E-state index in [1.807, 2.05) is 62.4 Å². The van der Waals surface area contributed by atoms with Gasteiger partial charge < -0.3 is 30.5 Å². The van der Waals surface area contributed by atoms with Crippen molar-refractivity contribution in [3.8, 4) is 5.75 Å². The summed E-state index contributed by atoms with van der Waals surface area (Å²) in [6, 6.07) is 15.6. The van der Waals surface area contributed by atoms with Gasteiger partial charge in [0.05, 0.1) is 16.9 Å². The molecule has 0 saturated carbocycles.